The van der Waals surface area contributed by atoms with Crippen LogP contribution in [0.4, 0.5) is 5.69 Å². The number of ether oxygens (including phenoxy) is 2. The summed E-state index contributed by atoms with van der Waals surface area (Å²) in [6.07, 6.45) is 0.772. The van der Waals surface area contributed by atoms with Crippen molar-refractivity contribution in [1.29, 1.82) is 0 Å². The average Bonchev–Trinajstić information content (AvgIpc) is 3.15. The number of nitrogens with one attached hydrogen (secondary N) is 1. The summed E-state index contributed by atoms with van der Waals surface area (Å²) >= 11 is 0. The van der Waals surface area contributed by atoms with E-state index in [9.17, 15) is 14.4 Å². The Balaban J connectivity index is 1.70. The molecule has 1 N–H and O–H groups in total. The maximum atomic E-state index is 12.7. The number of H-pyrrole nitrogens is 1. The second-order valence-corrected chi connectivity index (χ2v) is 6.87. The smallest absolute Gasteiger partial charge is 0.355 e. The van der Waals surface area contributed by atoms with E-state index >= 15 is 0 Å². The van der Waals surface area contributed by atoms with Crippen LogP contribution in [0.2, 0.25) is 0 Å². The molecule has 2 heterocycles. The van der Waals surface area contributed by atoms with Crippen molar-refractivity contribution in [3.63, 3.8) is 0 Å². The van der Waals surface area contributed by atoms with Crippen molar-refractivity contribution in [1.82, 2.24) is 4.98 Å². The Hall–Kier alpha value is -3.09. The second-order valence-electron chi connectivity index (χ2n) is 6.87. The molecular formula is C21H24N2O5. The van der Waals surface area contributed by atoms with Gasteiger partial charge in [0.1, 0.15) is 5.69 Å². The number of aromatic amines is 1. The highest BCUT2D eigenvalue weighted by Gasteiger charge is 2.31. The minimum absolute atomic E-state index is 0.00786. The molecule has 1 atom stereocenters. The SMILES string of the molecule is CCOC(=O)c1c(C)[nH]c(C(=O)OCC(=O)N2c3ccccc3C[C@@H]2C)c1C. The van der Waals surface area contributed by atoms with Gasteiger partial charge in [-0.05, 0) is 51.3 Å². The number of aromatic nitrogens is 1. The van der Waals surface area contributed by atoms with E-state index in [4.69, 9.17) is 9.47 Å². The van der Waals surface area contributed by atoms with Gasteiger partial charge < -0.3 is 19.4 Å². The average molecular weight is 384 g/mol. The Morgan fingerprint density at radius 3 is 2.57 bits per heavy atom. The van der Waals surface area contributed by atoms with Gasteiger partial charge in [0.25, 0.3) is 5.91 Å². The number of hydrogen-bond acceptors (Lipinski definition) is 5. The Bertz CT molecular complexity index is 931. The fourth-order valence-corrected chi connectivity index (χ4v) is 3.68. The molecule has 0 aliphatic carbocycles. The van der Waals surface area contributed by atoms with Crippen LogP contribution in [0.1, 0.15) is 51.5 Å². The Kier molecular flexibility index (Phi) is 5.53. The number of hydrogen-bond donors (Lipinski definition) is 1. The van der Waals surface area contributed by atoms with Gasteiger partial charge in [-0.1, -0.05) is 18.2 Å². The quantitative estimate of drug-likeness (QED) is 0.801. The monoisotopic (exact) mass is 384 g/mol. The first-order valence-corrected chi connectivity index (χ1v) is 9.28. The molecule has 0 spiro atoms. The summed E-state index contributed by atoms with van der Waals surface area (Å²) in [6, 6.07) is 7.71. The van der Waals surface area contributed by atoms with Crippen molar-refractivity contribution in [3.8, 4) is 0 Å². The zero-order valence-corrected chi connectivity index (χ0v) is 16.5. The van der Waals surface area contributed by atoms with E-state index in [1.807, 2.05) is 31.2 Å². The van der Waals surface area contributed by atoms with Crippen molar-refractivity contribution < 1.29 is 23.9 Å². The molecule has 2 aromatic rings. The van der Waals surface area contributed by atoms with E-state index < -0.39 is 11.9 Å². The predicted octanol–water partition coefficient (Wildman–Crippen LogP) is 2.94. The minimum Gasteiger partial charge on any atom is -0.462 e. The molecule has 1 aromatic heterocycles. The second kappa shape index (κ2) is 7.88. The topological polar surface area (TPSA) is 88.7 Å². The van der Waals surface area contributed by atoms with E-state index in [0.29, 0.717) is 16.8 Å². The summed E-state index contributed by atoms with van der Waals surface area (Å²) in [5.74, 6) is -1.45. The number of fused-ring (bicyclic) bond motifs is 1. The number of benzene rings is 1. The summed E-state index contributed by atoms with van der Waals surface area (Å²) in [5.41, 5.74) is 3.41. The number of amides is 1. The number of nitrogens with zero attached hydrogens (tertiary/aromatic N) is 1. The van der Waals surface area contributed by atoms with Crippen LogP contribution in [0.15, 0.2) is 24.3 Å². The molecular weight excluding hydrogens is 360 g/mol. The third-order valence-corrected chi connectivity index (χ3v) is 4.92. The van der Waals surface area contributed by atoms with E-state index in [0.717, 1.165) is 17.7 Å². The number of anilines is 1. The molecule has 1 amide bonds. The summed E-state index contributed by atoms with van der Waals surface area (Å²) in [5, 5.41) is 0. The third-order valence-electron chi connectivity index (χ3n) is 4.92. The lowest BCUT2D eigenvalue weighted by Crippen LogP contribution is -2.38. The summed E-state index contributed by atoms with van der Waals surface area (Å²) in [6.45, 7) is 6.88. The van der Waals surface area contributed by atoms with Crippen molar-refractivity contribution in [2.45, 2.75) is 40.2 Å². The van der Waals surface area contributed by atoms with E-state index in [1.54, 1.807) is 25.7 Å². The molecule has 7 nitrogen and oxygen atoms in total. The zero-order valence-electron chi connectivity index (χ0n) is 16.5. The largest absolute Gasteiger partial charge is 0.462 e. The number of rotatable bonds is 5. The van der Waals surface area contributed by atoms with Crippen LogP contribution >= 0.6 is 0 Å². The molecule has 0 saturated heterocycles. The Morgan fingerprint density at radius 2 is 1.86 bits per heavy atom. The van der Waals surface area contributed by atoms with Crippen LogP contribution in [0.3, 0.4) is 0 Å². The van der Waals surface area contributed by atoms with Gasteiger partial charge in [-0.25, -0.2) is 9.59 Å². The maximum Gasteiger partial charge on any atom is 0.355 e. The van der Waals surface area contributed by atoms with E-state index in [-0.39, 0.29) is 30.9 Å². The third kappa shape index (κ3) is 3.52. The van der Waals surface area contributed by atoms with Gasteiger partial charge in [-0.15, -0.1) is 0 Å². The van der Waals surface area contributed by atoms with Crippen LogP contribution < -0.4 is 4.90 Å². The first-order valence-electron chi connectivity index (χ1n) is 9.28. The van der Waals surface area contributed by atoms with Gasteiger partial charge >= 0.3 is 11.9 Å². The molecule has 1 aromatic carbocycles. The van der Waals surface area contributed by atoms with Crippen LogP contribution in [0.5, 0.6) is 0 Å². The highest BCUT2D eigenvalue weighted by atomic mass is 16.5. The van der Waals surface area contributed by atoms with Crippen LogP contribution in [-0.2, 0) is 20.7 Å². The Morgan fingerprint density at radius 1 is 1.14 bits per heavy atom. The van der Waals surface area contributed by atoms with E-state index in [1.165, 1.54) is 0 Å². The van der Waals surface area contributed by atoms with Gasteiger partial charge in [0.05, 0.1) is 12.2 Å². The maximum absolute atomic E-state index is 12.7. The molecule has 0 saturated carbocycles. The standard InChI is InChI=1S/C21H24N2O5/c1-5-27-20(25)18-13(3)19(22-14(18)4)21(26)28-11-17(24)23-12(2)10-15-8-6-7-9-16(15)23/h6-9,12,22H,5,10-11H2,1-4H3/t12-/m0/s1. The lowest BCUT2D eigenvalue weighted by Gasteiger charge is -2.22. The number of esters is 2. The normalized spacial score (nSPS) is 15.3. The summed E-state index contributed by atoms with van der Waals surface area (Å²) in [4.78, 5) is 41.7. The predicted molar refractivity (Wildman–Crippen MR) is 104 cm³/mol. The Labute approximate surface area is 163 Å². The number of aryl methyl sites for hydroxylation is 1. The molecule has 0 bridgehead atoms. The molecule has 3 rings (SSSR count). The number of carbonyl (C=O) groups excluding carboxylic acids is 3. The minimum atomic E-state index is -0.676. The van der Waals surface area contributed by atoms with Crippen LogP contribution in [-0.4, -0.2) is 42.1 Å². The number of para-hydroxylation sites is 1. The van der Waals surface area contributed by atoms with Crippen molar-refractivity contribution in [2.24, 2.45) is 0 Å². The number of carbonyl (C=O) groups is 3. The lowest BCUT2D eigenvalue weighted by atomic mass is 10.1. The van der Waals surface area contributed by atoms with E-state index in [2.05, 4.69) is 4.98 Å². The molecule has 7 heteroatoms. The molecule has 0 fully saturated rings. The van der Waals surface area contributed by atoms with Gasteiger partial charge in [0, 0.05) is 17.4 Å². The fraction of sp³-hybridized carbons (Fsp3) is 0.381. The van der Waals surface area contributed by atoms with Crippen LogP contribution in [0.25, 0.3) is 0 Å². The van der Waals surface area contributed by atoms with Crippen molar-refractivity contribution >= 4 is 23.5 Å². The molecule has 1 aliphatic rings. The fourth-order valence-electron chi connectivity index (χ4n) is 3.68. The van der Waals surface area contributed by atoms with Crippen molar-refractivity contribution in [2.75, 3.05) is 18.1 Å². The van der Waals surface area contributed by atoms with Gasteiger partial charge in [-0.2, -0.15) is 0 Å². The molecule has 0 radical (unpaired) electrons. The summed E-state index contributed by atoms with van der Waals surface area (Å²) in [7, 11) is 0. The highest BCUT2D eigenvalue weighted by Crippen LogP contribution is 2.31. The summed E-state index contributed by atoms with van der Waals surface area (Å²) < 4.78 is 10.3. The molecule has 148 valence electrons. The zero-order chi connectivity index (χ0) is 20.4. The highest BCUT2D eigenvalue weighted by molar-refractivity contribution is 6.01. The molecule has 28 heavy (non-hydrogen) atoms. The van der Waals surface area contributed by atoms with Crippen molar-refractivity contribution in [3.05, 3.63) is 52.3 Å². The molecule has 0 unspecified atom stereocenters. The molecule has 1 aliphatic heterocycles. The lowest BCUT2D eigenvalue weighted by molar-refractivity contribution is -0.122. The van der Waals surface area contributed by atoms with Gasteiger partial charge in [0.15, 0.2) is 6.61 Å². The first-order chi connectivity index (χ1) is 13.3. The van der Waals surface area contributed by atoms with Gasteiger partial charge in [0.2, 0.25) is 0 Å². The van der Waals surface area contributed by atoms with Crippen LogP contribution in [0, 0.1) is 13.8 Å². The first kappa shape index (κ1) is 19.7. The van der Waals surface area contributed by atoms with Gasteiger partial charge in [-0.3, -0.25) is 4.79 Å².